The number of methoxy groups -OCH3 is 1. The maximum atomic E-state index is 13.0. The molecular formula is C21H21N5O3. The molecule has 8 heteroatoms. The Balaban J connectivity index is 1.68. The van der Waals surface area contributed by atoms with Gasteiger partial charge in [0.15, 0.2) is 11.4 Å². The van der Waals surface area contributed by atoms with Crippen LogP contribution in [0, 0.1) is 0 Å². The molecule has 4 aromatic heterocycles. The van der Waals surface area contributed by atoms with E-state index in [0.29, 0.717) is 40.5 Å². The molecule has 29 heavy (non-hydrogen) atoms. The van der Waals surface area contributed by atoms with Crippen LogP contribution in [-0.2, 0) is 6.54 Å². The monoisotopic (exact) mass is 391 g/mol. The summed E-state index contributed by atoms with van der Waals surface area (Å²) < 4.78 is 12.3. The Bertz CT molecular complexity index is 1130. The normalized spacial score (nSPS) is 11.2. The first kappa shape index (κ1) is 18.7. The summed E-state index contributed by atoms with van der Waals surface area (Å²) >= 11 is 0. The highest BCUT2D eigenvalue weighted by Crippen LogP contribution is 2.26. The molecule has 1 N–H and O–H groups in total. The number of carbonyl (C=O) groups is 1. The molecule has 4 aromatic rings. The van der Waals surface area contributed by atoms with Crippen molar-refractivity contribution in [1.29, 1.82) is 0 Å². The van der Waals surface area contributed by atoms with Gasteiger partial charge in [-0.3, -0.25) is 4.79 Å². The number of aromatic nitrogens is 4. The zero-order valence-corrected chi connectivity index (χ0v) is 16.4. The molecule has 148 valence electrons. The van der Waals surface area contributed by atoms with Crippen LogP contribution in [0.15, 0.2) is 53.4 Å². The number of furan rings is 1. The first-order valence-corrected chi connectivity index (χ1v) is 9.26. The Kier molecular flexibility index (Phi) is 4.99. The van der Waals surface area contributed by atoms with Crippen LogP contribution in [0.3, 0.4) is 0 Å². The van der Waals surface area contributed by atoms with Gasteiger partial charge in [0.2, 0.25) is 5.88 Å². The van der Waals surface area contributed by atoms with Crippen LogP contribution < -0.4 is 10.1 Å². The molecule has 8 nitrogen and oxygen atoms in total. The highest BCUT2D eigenvalue weighted by molar-refractivity contribution is 6.06. The van der Waals surface area contributed by atoms with Crippen molar-refractivity contribution < 1.29 is 13.9 Å². The second-order valence-electron chi connectivity index (χ2n) is 6.84. The minimum atomic E-state index is -0.218. The summed E-state index contributed by atoms with van der Waals surface area (Å²) in [4.78, 5) is 21.8. The summed E-state index contributed by atoms with van der Waals surface area (Å²) in [5.74, 6) is 0.904. The molecule has 0 bridgehead atoms. The average molecular weight is 391 g/mol. The van der Waals surface area contributed by atoms with Crippen molar-refractivity contribution in [3.05, 3.63) is 60.1 Å². The van der Waals surface area contributed by atoms with E-state index >= 15 is 0 Å². The molecule has 0 saturated heterocycles. The van der Waals surface area contributed by atoms with Crippen LogP contribution in [0.4, 0.5) is 0 Å². The summed E-state index contributed by atoms with van der Waals surface area (Å²) in [5, 5.41) is 8.05. The number of hydrogen-bond donors (Lipinski definition) is 1. The third kappa shape index (κ3) is 3.69. The smallest absolute Gasteiger partial charge is 0.252 e. The van der Waals surface area contributed by atoms with Crippen molar-refractivity contribution in [2.24, 2.45) is 0 Å². The molecule has 0 saturated carbocycles. The Morgan fingerprint density at radius 2 is 2.14 bits per heavy atom. The van der Waals surface area contributed by atoms with Gasteiger partial charge in [0.1, 0.15) is 5.69 Å². The van der Waals surface area contributed by atoms with Crippen LogP contribution in [0.25, 0.3) is 22.5 Å². The van der Waals surface area contributed by atoms with Gasteiger partial charge in [0.05, 0.1) is 30.5 Å². The molecular weight excluding hydrogens is 370 g/mol. The number of pyridine rings is 2. The summed E-state index contributed by atoms with van der Waals surface area (Å²) in [6.07, 6.45) is 4.93. The van der Waals surface area contributed by atoms with Gasteiger partial charge in [-0.15, -0.1) is 0 Å². The van der Waals surface area contributed by atoms with Crippen LogP contribution in [0.1, 0.15) is 35.8 Å². The third-order valence-corrected chi connectivity index (χ3v) is 4.53. The molecule has 0 spiro atoms. The van der Waals surface area contributed by atoms with E-state index in [2.05, 4.69) is 20.4 Å². The molecule has 0 unspecified atom stereocenters. The molecule has 0 aliphatic heterocycles. The lowest BCUT2D eigenvalue weighted by atomic mass is 10.1. The van der Waals surface area contributed by atoms with Crippen LogP contribution in [0.2, 0.25) is 0 Å². The van der Waals surface area contributed by atoms with E-state index in [1.165, 1.54) is 0 Å². The fraction of sp³-hybridized carbons (Fsp3) is 0.238. The maximum Gasteiger partial charge on any atom is 0.252 e. The summed E-state index contributed by atoms with van der Waals surface area (Å²) in [6.45, 7) is 4.38. The topological polar surface area (TPSA) is 95.1 Å². The summed E-state index contributed by atoms with van der Waals surface area (Å²) in [6, 6.07) is 9.06. The molecule has 4 rings (SSSR count). The molecule has 0 aliphatic carbocycles. The van der Waals surface area contributed by atoms with Gasteiger partial charge in [-0.25, -0.2) is 14.6 Å². The van der Waals surface area contributed by atoms with Gasteiger partial charge in [0, 0.05) is 24.8 Å². The second-order valence-corrected chi connectivity index (χ2v) is 6.84. The Labute approximate surface area is 167 Å². The van der Waals surface area contributed by atoms with Gasteiger partial charge >= 0.3 is 0 Å². The zero-order valence-electron chi connectivity index (χ0n) is 16.4. The van der Waals surface area contributed by atoms with Crippen molar-refractivity contribution >= 4 is 16.9 Å². The number of hydrogen-bond acceptors (Lipinski definition) is 6. The minimum absolute atomic E-state index is 0.105. The number of fused-ring (bicyclic) bond motifs is 1. The molecule has 4 heterocycles. The fourth-order valence-corrected chi connectivity index (χ4v) is 3.05. The summed E-state index contributed by atoms with van der Waals surface area (Å²) in [5.41, 5.74) is 2.59. The average Bonchev–Trinajstić information content (AvgIpc) is 3.41. The van der Waals surface area contributed by atoms with Crippen LogP contribution in [-0.4, -0.2) is 32.8 Å². The van der Waals surface area contributed by atoms with Crippen molar-refractivity contribution in [3.8, 4) is 17.3 Å². The molecule has 0 fully saturated rings. The molecule has 1 amide bonds. The van der Waals surface area contributed by atoms with Crippen LogP contribution >= 0.6 is 0 Å². The lowest BCUT2D eigenvalue weighted by Crippen LogP contribution is -2.23. The van der Waals surface area contributed by atoms with E-state index in [1.54, 1.807) is 48.6 Å². The Hall–Kier alpha value is -3.68. The van der Waals surface area contributed by atoms with E-state index in [9.17, 15) is 4.79 Å². The van der Waals surface area contributed by atoms with Crippen molar-refractivity contribution in [2.45, 2.75) is 26.4 Å². The SMILES string of the molecule is COc1ccc(CNC(=O)c2cc(-c3ccco3)nc3c2cnn3C(C)C)cn1. The summed E-state index contributed by atoms with van der Waals surface area (Å²) in [7, 11) is 1.56. The largest absolute Gasteiger partial charge is 0.481 e. The lowest BCUT2D eigenvalue weighted by molar-refractivity contribution is 0.0952. The van der Waals surface area contributed by atoms with Crippen molar-refractivity contribution in [3.63, 3.8) is 0 Å². The van der Waals surface area contributed by atoms with Gasteiger partial charge in [-0.1, -0.05) is 6.07 Å². The maximum absolute atomic E-state index is 13.0. The number of rotatable bonds is 6. The van der Waals surface area contributed by atoms with Crippen molar-refractivity contribution in [2.75, 3.05) is 7.11 Å². The van der Waals surface area contributed by atoms with E-state index in [0.717, 1.165) is 5.56 Å². The number of nitrogens with zero attached hydrogens (tertiary/aromatic N) is 4. The standard InChI is InChI=1S/C21H21N5O3/c1-13(2)26-20-16(12-24-26)15(9-17(25-20)18-5-4-8-29-18)21(27)23-11-14-6-7-19(28-3)22-10-14/h4-10,12-13H,11H2,1-3H3,(H,23,27). The number of carbonyl (C=O) groups excluding carboxylic acids is 1. The zero-order chi connectivity index (χ0) is 20.4. The van der Waals surface area contributed by atoms with E-state index in [4.69, 9.17) is 9.15 Å². The van der Waals surface area contributed by atoms with E-state index in [1.807, 2.05) is 26.0 Å². The van der Waals surface area contributed by atoms with E-state index in [-0.39, 0.29) is 11.9 Å². The molecule has 0 atom stereocenters. The van der Waals surface area contributed by atoms with Gasteiger partial charge < -0.3 is 14.5 Å². The highest BCUT2D eigenvalue weighted by Gasteiger charge is 2.19. The minimum Gasteiger partial charge on any atom is -0.481 e. The number of ether oxygens (including phenoxy) is 1. The Morgan fingerprint density at radius 3 is 2.79 bits per heavy atom. The lowest BCUT2D eigenvalue weighted by Gasteiger charge is -2.10. The third-order valence-electron chi connectivity index (χ3n) is 4.53. The predicted octanol–water partition coefficient (Wildman–Crippen LogP) is 3.61. The predicted molar refractivity (Wildman–Crippen MR) is 108 cm³/mol. The first-order valence-electron chi connectivity index (χ1n) is 9.26. The molecule has 0 aliphatic rings. The van der Waals surface area contributed by atoms with Crippen LogP contribution in [0.5, 0.6) is 5.88 Å². The first-order chi connectivity index (χ1) is 14.1. The van der Waals surface area contributed by atoms with Gasteiger partial charge in [0.25, 0.3) is 5.91 Å². The molecule has 0 radical (unpaired) electrons. The molecule has 0 aromatic carbocycles. The van der Waals surface area contributed by atoms with Gasteiger partial charge in [-0.2, -0.15) is 5.10 Å². The number of amides is 1. The second kappa shape index (κ2) is 7.75. The number of nitrogens with one attached hydrogen (secondary N) is 1. The fourth-order valence-electron chi connectivity index (χ4n) is 3.05. The highest BCUT2D eigenvalue weighted by atomic mass is 16.5. The van der Waals surface area contributed by atoms with Crippen molar-refractivity contribution in [1.82, 2.24) is 25.1 Å². The quantitative estimate of drug-likeness (QED) is 0.540. The Morgan fingerprint density at radius 1 is 1.28 bits per heavy atom. The van der Waals surface area contributed by atoms with Gasteiger partial charge in [-0.05, 0) is 37.6 Å². The van der Waals surface area contributed by atoms with E-state index < -0.39 is 0 Å².